The third-order valence-corrected chi connectivity index (χ3v) is 4.03. The first kappa shape index (κ1) is 13.3. The minimum absolute atomic E-state index is 0.0151. The van der Waals surface area contributed by atoms with E-state index in [9.17, 15) is 18.5 Å². The van der Waals surface area contributed by atoms with E-state index in [0.717, 1.165) is 0 Å². The molecule has 0 spiro atoms. The summed E-state index contributed by atoms with van der Waals surface area (Å²) in [6.45, 7) is 0. The number of hydrogen-bond acceptors (Lipinski definition) is 5. The largest absolute Gasteiger partial charge is 0.270 e. The van der Waals surface area contributed by atoms with Crippen molar-refractivity contribution < 1.29 is 13.3 Å². The van der Waals surface area contributed by atoms with Crippen molar-refractivity contribution in [3.05, 3.63) is 34.4 Å². The normalized spacial score (nSPS) is 11.3. The van der Waals surface area contributed by atoms with E-state index in [1.54, 1.807) is 12.1 Å². The molecule has 0 bridgehead atoms. The van der Waals surface area contributed by atoms with Crippen molar-refractivity contribution in [1.82, 2.24) is 0 Å². The van der Waals surface area contributed by atoms with Gasteiger partial charge in [-0.15, -0.1) is 11.8 Å². The number of rotatable bonds is 5. The van der Waals surface area contributed by atoms with Crippen LogP contribution >= 0.6 is 22.4 Å². The number of hydrogen-bond donors (Lipinski definition) is 0. The van der Waals surface area contributed by atoms with Gasteiger partial charge in [0.1, 0.15) is 0 Å². The van der Waals surface area contributed by atoms with Gasteiger partial charge in [0.05, 0.1) is 10.7 Å². The molecule has 0 heterocycles. The molecule has 0 aliphatic carbocycles. The fourth-order valence-electron chi connectivity index (χ4n) is 0.946. The minimum Gasteiger partial charge on any atom is -0.258 e. The summed E-state index contributed by atoms with van der Waals surface area (Å²) in [5, 5.41) is 10.5. The van der Waals surface area contributed by atoms with E-state index in [-0.39, 0.29) is 17.2 Å². The van der Waals surface area contributed by atoms with Crippen LogP contribution in [-0.2, 0) is 9.05 Å². The van der Waals surface area contributed by atoms with Crippen LogP contribution in [0.2, 0.25) is 0 Å². The highest BCUT2D eigenvalue weighted by atomic mass is 35.7. The molecule has 0 atom stereocenters. The van der Waals surface area contributed by atoms with Crippen molar-refractivity contribution in [3.63, 3.8) is 0 Å². The molecule has 88 valence electrons. The Morgan fingerprint density at radius 2 is 2.12 bits per heavy atom. The minimum atomic E-state index is -3.50. The van der Waals surface area contributed by atoms with E-state index in [0.29, 0.717) is 4.90 Å². The molecule has 0 amide bonds. The van der Waals surface area contributed by atoms with Crippen molar-refractivity contribution in [3.8, 4) is 0 Å². The Labute approximate surface area is 101 Å². The zero-order valence-electron chi connectivity index (χ0n) is 8.00. The number of non-ortho nitro benzene ring substituents is 1. The zero-order chi connectivity index (χ0) is 12.2. The number of nitrogens with zero attached hydrogens (tertiary/aromatic N) is 1. The summed E-state index contributed by atoms with van der Waals surface area (Å²) < 4.78 is 21.3. The third kappa shape index (κ3) is 4.82. The highest BCUT2D eigenvalue weighted by Crippen LogP contribution is 2.23. The molecule has 0 saturated heterocycles. The first-order chi connectivity index (χ1) is 7.38. The number of halogens is 1. The molecule has 0 aliphatic heterocycles. The molecule has 0 radical (unpaired) electrons. The highest BCUT2D eigenvalue weighted by molar-refractivity contribution is 8.14. The Kier molecular flexibility index (Phi) is 4.57. The SMILES string of the molecule is O=[N+]([O-])c1cccc(SCCS(=O)(=O)Cl)c1. The number of nitro groups is 1. The average molecular weight is 282 g/mol. The molecule has 0 saturated carbocycles. The lowest BCUT2D eigenvalue weighted by molar-refractivity contribution is -0.385. The second-order valence-electron chi connectivity index (χ2n) is 2.85. The monoisotopic (exact) mass is 281 g/mol. The van der Waals surface area contributed by atoms with Gasteiger partial charge in [0, 0.05) is 33.5 Å². The van der Waals surface area contributed by atoms with Crippen LogP contribution in [0, 0.1) is 10.1 Å². The van der Waals surface area contributed by atoms with Crippen LogP contribution in [0.15, 0.2) is 29.2 Å². The summed E-state index contributed by atoms with van der Waals surface area (Å²) in [5.41, 5.74) is -0.0151. The van der Waals surface area contributed by atoms with Gasteiger partial charge in [-0.2, -0.15) is 0 Å². The molecule has 0 aromatic heterocycles. The smallest absolute Gasteiger partial charge is 0.258 e. The van der Waals surface area contributed by atoms with Crippen LogP contribution in [0.4, 0.5) is 5.69 Å². The Morgan fingerprint density at radius 3 is 2.69 bits per heavy atom. The van der Waals surface area contributed by atoms with Gasteiger partial charge in [0.15, 0.2) is 0 Å². The lowest BCUT2D eigenvalue weighted by atomic mass is 10.3. The second kappa shape index (κ2) is 5.51. The standard InChI is InChI=1S/C8H8ClNO4S2/c9-16(13,14)5-4-15-8-3-1-2-7(6-8)10(11)12/h1-3,6H,4-5H2. The van der Waals surface area contributed by atoms with Crippen LogP contribution in [0.5, 0.6) is 0 Å². The maximum atomic E-state index is 10.6. The van der Waals surface area contributed by atoms with Gasteiger partial charge in [-0.05, 0) is 6.07 Å². The van der Waals surface area contributed by atoms with Crippen molar-refractivity contribution in [2.45, 2.75) is 4.90 Å². The summed E-state index contributed by atoms with van der Waals surface area (Å²) in [5.74, 6) is 0.106. The van der Waals surface area contributed by atoms with E-state index in [1.807, 2.05) is 0 Å². The van der Waals surface area contributed by atoms with Crippen LogP contribution in [0.25, 0.3) is 0 Å². The van der Waals surface area contributed by atoms with E-state index in [4.69, 9.17) is 10.7 Å². The number of thioether (sulfide) groups is 1. The van der Waals surface area contributed by atoms with Crippen LogP contribution in [0.3, 0.4) is 0 Å². The van der Waals surface area contributed by atoms with E-state index >= 15 is 0 Å². The van der Waals surface area contributed by atoms with Crippen molar-refractivity contribution in [2.24, 2.45) is 0 Å². The molecule has 5 nitrogen and oxygen atoms in total. The molecule has 0 unspecified atom stereocenters. The highest BCUT2D eigenvalue weighted by Gasteiger charge is 2.08. The molecule has 1 aromatic rings. The molecule has 0 N–H and O–H groups in total. The second-order valence-corrected chi connectivity index (χ2v) is 6.91. The maximum absolute atomic E-state index is 10.6. The molecular weight excluding hydrogens is 274 g/mol. The molecule has 0 fully saturated rings. The summed E-state index contributed by atoms with van der Waals surface area (Å²) in [4.78, 5) is 10.6. The predicted octanol–water partition coefficient (Wildman–Crippen LogP) is 2.26. The van der Waals surface area contributed by atoms with E-state index in [1.165, 1.54) is 23.9 Å². The van der Waals surface area contributed by atoms with Crippen molar-refractivity contribution in [1.29, 1.82) is 0 Å². The van der Waals surface area contributed by atoms with Gasteiger partial charge < -0.3 is 0 Å². The Balaban J connectivity index is 2.61. The van der Waals surface area contributed by atoms with E-state index < -0.39 is 14.0 Å². The lowest BCUT2D eigenvalue weighted by Gasteiger charge is -1.99. The Hall–Kier alpha value is -0.790. The Morgan fingerprint density at radius 1 is 1.44 bits per heavy atom. The van der Waals surface area contributed by atoms with Crippen LogP contribution in [-0.4, -0.2) is 24.8 Å². The van der Waals surface area contributed by atoms with Gasteiger partial charge in [-0.25, -0.2) is 8.42 Å². The lowest BCUT2D eigenvalue weighted by Crippen LogP contribution is -1.99. The molecule has 8 heteroatoms. The van der Waals surface area contributed by atoms with Crippen LogP contribution < -0.4 is 0 Å². The molecule has 1 rings (SSSR count). The fourth-order valence-corrected chi connectivity index (χ4v) is 3.26. The first-order valence-electron chi connectivity index (χ1n) is 4.18. The summed E-state index contributed by atoms with van der Waals surface area (Å²) in [6.07, 6.45) is 0. The maximum Gasteiger partial charge on any atom is 0.270 e. The quantitative estimate of drug-likeness (QED) is 0.358. The fraction of sp³-hybridized carbons (Fsp3) is 0.250. The van der Waals surface area contributed by atoms with Gasteiger partial charge in [-0.3, -0.25) is 10.1 Å². The Bertz CT molecular complexity index is 489. The van der Waals surface area contributed by atoms with Gasteiger partial charge in [0.2, 0.25) is 9.05 Å². The summed E-state index contributed by atoms with van der Waals surface area (Å²) >= 11 is 1.21. The molecule has 1 aromatic carbocycles. The summed E-state index contributed by atoms with van der Waals surface area (Å²) in [7, 11) is 1.53. The predicted molar refractivity (Wildman–Crippen MR) is 63.5 cm³/mol. The van der Waals surface area contributed by atoms with Crippen molar-refractivity contribution >= 4 is 37.2 Å². The zero-order valence-corrected chi connectivity index (χ0v) is 10.4. The number of nitro benzene ring substituents is 1. The topological polar surface area (TPSA) is 77.3 Å². The van der Waals surface area contributed by atoms with Gasteiger partial charge in [0.25, 0.3) is 5.69 Å². The molecule has 16 heavy (non-hydrogen) atoms. The molecule has 0 aliphatic rings. The van der Waals surface area contributed by atoms with E-state index in [2.05, 4.69) is 0 Å². The average Bonchev–Trinajstić information content (AvgIpc) is 2.16. The number of benzene rings is 1. The first-order valence-corrected chi connectivity index (χ1v) is 7.64. The third-order valence-electron chi connectivity index (χ3n) is 1.62. The van der Waals surface area contributed by atoms with Gasteiger partial charge >= 0.3 is 0 Å². The summed E-state index contributed by atoms with van der Waals surface area (Å²) in [6, 6.07) is 6.00. The molecular formula is C8H8ClNO4S2. The van der Waals surface area contributed by atoms with Crippen molar-refractivity contribution in [2.75, 3.05) is 11.5 Å². The van der Waals surface area contributed by atoms with Crippen LogP contribution in [0.1, 0.15) is 0 Å². The van der Waals surface area contributed by atoms with Gasteiger partial charge in [-0.1, -0.05) is 6.07 Å².